The Hall–Kier alpha value is -2.65. The topological polar surface area (TPSA) is 57.5 Å². The number of aliphatic carboxylic acids is 1. The van der Waals surface area contributed by atoms with Crippen LogP contribution in [0.1, 0.15) is 84.5 Å². The van der Waals surface area contributed by atoms with Crippen molar-refractivity contribution < 1.29 is 15.0 Å². The SMILES string of the molecule is CC/C=C\C/C=C\C/C=C\C/C=C\CC[C@H](O)[C@@H](C/C=C\C/C=C\C/C=C\C/C=C\CC)C(=O)O. The molecule has 0 aliphatic heterocycles. The number of carboxylic acids is 1. The van der Waals surface area contributed by atoms with Crippen molar-refractivity contribution in [1.29, 1.82) is 0 Å². The standard InChI is InChI=1S/C32H48O3/c1-3-5-7-9-11-13-15-17-19-21-23-25-27-29-31(33)30(32(34)35)28-26-24-22-20-18-16-14-12-10-8-6-4-2/h5-8,11-14,17-20,23-26,30-31,33H,3-4,9-10,15-16,21-22,27-29H2,1-2H3,(H,34,35)/b7-5-,8-6-,13-11-,14-12-,19-17-,20-18-,25-23-,26-24-/t30-,31+/m1/s1. The van der Waals surface area contributed by atoms with Crippen LogP contribution < -0.4 is 0 Å². The molecule has 0 aromatic rings. The summed E-state index contributed by atoms with van der Waals surface area (Å²) < 4.78 is 0. The van der Waals surface area contributed by atoms with Crippen molar-refractivity contribution in [2.24, 2.45) is 5.92 Å². The van der Waals surface area contributed by atoms with Gasteiger partial charge in [-0.15, -0.1) is 0 Å². The van der Waals surface area contributed by atoms with Crippen molar-refractivity contribution in [2.45, 2.75) is 90.6 Å². The van der Waals surface area contributed by atoms with Gasteiger partial charge in [0.2, 0.25) is 0 Å². The summed E-state index contributed by atoms with van der Waals surface area (Å²) in [5.41, 5.74) is 0. The third-order valence-electron chi connectivity index (χ3n) is 5.24. The molecule has 0 aliphatic carbocycles. The van der Waals surface area contributed by atoms with Gasteiger partial charge in [-0.3, -0.25) is 4.79 Å². The van der Waals surface area contributed by atoms with Gasteiger partial charge in [-0.1, -0.05) is 111 Å². The smallest absolute Gasteiger partial charge is 0.309 e. The van der Waals surface area contributed by atoms with Crippen molar-refractivity contribution >= 4 is 5.97 Å². The van der Waals surface area contributed by atoms with Gasteiger partial charge < -0.3 is 10.2 Å². The summed E-state index contributed by atoms with van der Waals surface area (Å²) in [6.45, 7) is 4.26. The molecule has 0 saturated heterocycles. The molecule has 0 aromatic heterocycles. The third-order valence-corrected chi connectivity index (χ3v) is 5.24. The number of hydrogen-bond acceptors (Lipinski definition) is 2. The predicted molar refractivity (Wildman–Crippen MR) is 152 cm³/mol. The fourth-order valence-corrected chi connectivity index (χ4v) is 3.21. The summed E-state index contributed by atoms with van der Waals surface area (Å²) in [4.78, 5) is 11.6. The second-order valence-electron chi connectivity index (χ2n) is 8.33. The van der Waals surface area contributed by atoms with Crippen LogP contribution in [0.25, 0.3) is 0 Å². The Morgan fingerprint density at radius 1 is 0.571 bits per heavy atom. The highest BCUT2D eigenvalue weighted by atomic mass is 16.4. The Bertz CT molecular complexity index is 732. The van der Waals surface area contributed by atoms with E-state index < -0.39 is 18.0 Å². The molecule has 3 heteroatoms. The fourth-order valence-electron chi connectivity index (χ4n) is 3.21. The monoisotopic (exact) mass is 480 g/mol. The van der Waals surface area contributed by atoms with Crippen LogP contribution in [0, 0.1) is 5.92 Å². The Morgan fingerprint density at radius 3 is 1.29 bits per heavy atom. The van der Waals surface area contributed by atoms with E-state index in [0.717, 1.165) is 51.4 Å². The molecular weight excluding hydrogens is 432 g/mol. The van der Waals surface area contributed by atoms with E-state index in [9.17, 15) is 15.0 Å². The Labute approximate surface area is 214 Å². The van der Waals surface area contributed by atoms with E-state index in [2.05, 4.69) is 92.8 Å². The van der Waals surface area contributed by atoms with Crippen LogP contribution in [-0.4, -0.2) is 22.3 Å². The van der Waals surface area contributed by atoms with E-state index >= 15 is 0 Å². The molecule has 0 unspecified atom stereocenters. The summed E-state index contributed by atoms with van der Waals surface area (Å²) >= 11 is 0. The number of rotatable bonds is 21. The first-order valence-corrected chi connectivity index (χ1v) is 13.2. The van der Waals surface area contributed by atoms with Gasteiger partial charge in [0, 0.05) is 0 Å². The van der Waals surface area contributed by atoms with Gasteiger partial charge >= 0.3 is 5.97 Å². The lowest BCUT2D eigenvalue weighted by Crippen LogP contribution is -2.27. The maximum absolute atomic E-state index is 11.6. The summed E-state index contributed by atoms with van der Waals surface area (Å²) in [7, 11) is 0. The van der Waals surface area contributed by atoms with E-state index in [1.807, 2.05) is 18.2 Å². The molecule has 0 bridgehead atoms. The highest BCUT2D eigenvalue weighted by Gasteiger charge is 2.24. The number of carbonyl (C=O) groups is 1. The van der Waals surface area contributed by atoms with Crippen LogP contribution in [-0.2, 0) is 4.79 Å². The number of hydrogen-bond donors (Lipinski definition) is 2. The van der Waals surface area contributed by atoms with Gasteiger partial charge in [0.1, 0.15) is 0 Å². The minimum absolute atomic E-state index is 0.349. The van der Waals surface area contributed by atoms with E-state index in [1.165, 1.54) is 0 Å². The van der Waals surface area contributed by atoms with E-state index in [-0.39, 0.29) is 0 Å². The molecule has 3 nitrogen and oxygen atoms in total. The van der Waals surface area contributed by atoms with Crippen LogP contribution in [0.4, 0.5) is 0 Å². The predicted octanol–water partition coefficient (Wildman–Crippen LogP) is 8.83. The van der Waals surface area contributed by atoms with E-state index in [1.54, 1.807) is 0 Å². The molecular formula is C32H48O3. The number of aliphatic hydroxyl groups excluding tert-OH is 1. The quantitative estimate of drug-likeness (QED) is 0.161. The van der Waals surface area contributed by atoms with Crippen molar-refractivity contribution in [3.05, 3.63) is 97.2 Å². The van der Waals surface area contributed by atoms with Crippen LogP contribution in [0.15, 0.2) is 97.2 Å². The lowest BCUT2D eigenvalue weighted by atomic mass is 9.94. The molecule has 0 fully saturated rings. The molecule has 0 saturated carbocycles. The number of carboxylic acid groups (broad SMARTS) is 1. The first kappa shape index (κ1) is 32.4. The van der Waals surface area contributed by atoms with Crippen LogP contribution in [0.3, 0.4) is 0 Å². The van der Waals surface area contributed by atoms with Gasteiger partial charge in [-0.25, -0.2) is 0 Å². The number of allylic oxidation sites excluding steroid dienone is 16. The zero-order chi connectivity index (χ0) is 25.8. The molecule has 194 valence electrons. The maximum Gasteiger partial charge on any atom is 0.309 e. The third kappa shape index (κ3) is 22.9. The molecule has 2 atom stereocenters. The highest BCUT2D eigenvalue weighted by molar-refractivity contribution is 5.70. The maximum atomic E-state index is 11.6. The minimum Gasteiger partial charge on any atom is -0.481 e. The molecule has 2 N–H and O–H groups in total. The Morgan fingerprint density at radius 2 is 0.914 bits per heavy atom. The van der Waals surface area contributed by atoms with Crippen molar-refractivity contribution in [3.8, 4) is 0 Å². The van der Waals surface area contributed by atoms with Gasteiger partial charge in [0.25, 0.3) is 0 Å². The number of aliphatic hydroxyl groups is 1. The lowest BCUT2D eigenvalue weighted by Gasteiger charge is -2.16. The lowest BCUT2D eigenvalue weighted by molar-refractivity contribution is -0.145. The average Bonchev–Trinajstić information content (AvgIpc) is 2.84. The van der Waals surface area contributed by atoms with Crippen LogP contribution in [0.5, 0.6) is 0 Å². The normalized spacial score (nSPS) is 15.1. The Kier molecular flexibility index (Phi) is 24.0. The molecule has 0 aliphatic rings. The largest absolute Gasteiger partial charge is 0.481 e. The first-order chi connectivity index (χ1) is 17.1. The zero-order valence-corrected chi connectivity index (χ0v) is 22.0. The summed E-state index contributed by atoms with van der Waals surface area (Å²) in [5.74, 6) is -1.70. The van der Waals surface area contributed by atoms with Gasteiger partial charge in [0.05, 0.1) is 12.0 Å². The van der Waals surface area contributed by atoms with E-state index in [4.69, 9.17) is 0 Å². The van der Waals surface area contributed by atoms with E-state index in [0.29, 0.717) is 19.3 Å². The second kappa shape index (κ2) is 26.0. The van der Waals surface area contributed by atoms with Crippen molar-refractivity contribution in [2.75, 3.05) is 0 Å². The van der Waals surface area contributed by atoms with Crippen LogP contribution >= 0.6 is 0 Å². The van der Waals surface area contributed by atoms with Crippen molar-refractivity contribution in [3.63, 3.8) is 0 Å². The molecule has 0 spiro atoms. The Balaban J connectivity index is 4.07. The second-order valence-corrected chi connectivity index (χ2v) is 8.33. The minimum atomic E-state index is -0.940. The van der Waals surface area contributed by atoms with Crippen molar-refractivity contribution in [1.82, 2.24) is 0 Å². The molecule has 0 heterocycles. The fraction of sp³-hybridized carbons (Fsp3) is 0.469. The van der Waals surface area contributed by atoms with Gasteiger partial charge in [0.15, 0.2) is 0 Å². The van der Waals surface area contributed by atoms with Gasteiger partial charge in [-0.05, 0) is 70.6 Å². The van der Waals surface area contributed by atoms with Crippen LogP contribution in [0.2, 0.25) is 0 Å². The summed E-state index contributed by atoms with van der Waals surface area (Å²) in [6.07, 6.45) is 41.9. The molecule has 0 radical (unpaired) electrons. The average molecular weight is 481 g/mol. The summed E-state index contributed by atoms with van der Waals surface area (Å²) in [6, 6.07) is 0. The molecule has 35 heavy (non-hydrogen) atoms. The molecule has 0 amide bonds. The van der Waals surface area contributed by atoms with Gasteiger partial charge in [-0.2, -0.15) is 0 Å². The molecule has 0 aromatic carbocycles. The first-order valence-electron chi connectivity index (χ1n) is 13.2. The highest BCUT2D eigenvalue weighted by Crippen LogP contribution is 2.16. The zero-order valence-electron chi connectivity index (χ0n) is 22.0. The summed E-state index contributed by atoms with van der Waals surface area (Å²) in [5, 5.41) is 19.8. The molecule has 0 rings (SSSR count).